The van der Waals surface area contributed by atoms with E-state index in [1.165, 1.54) is 11.8 Å². The number of hydrogen-bond donors (Lipinski definition) is 1. The summed E-state index contributed by atoms with van der Waals surface area (Å²) in [6.07, 6.45) is 2.15. The minimum Gasteiger partial charge on any atom is -0.326 e. The second-order valence-electron chi connectivity index (χ2n) is 7.29. The van der Waals surface area contributed by atoms with Gasteiger partial charge in [0, 0.05) is 18.2 Å². The Morgan fingerprint density at radius 2 is 1.79 bits per heavy atom. The van der Waals surface area contributed by atoms with E-state index in [0.717, 1.165) is 40.5 Å². The van der Waals surface area contributed by atoms with Crippen LogP contribution in [-0.2, 0) is 9.59 Å². The van der Waals surface area contributed by atoms with E-state index in [2.05, 4.69) is 5.32 Å². The summed E-state index contributed by atoms with van der Waals surface area (Å²) in [5.41, 5.74) is 3.73. The maximum absolute atomic E-state index is 13.0. The predicted molar refractivity (Wildman–Crippen MR) is 114 cm³/mol. The highest BCUT2D eigenvalue weighted by molar-refractivity contribution is 8.15. The molecule has 0 spiro atoms. The zero-order valence-electron chi connectivity index (χ0n) is 16.0. The summed E-state index contributed by atoms with van der Waals surface area (Å²) >= 11 is 1.41. The van der Waals surface area contributed by atoms with Gasteiger partial charge in [-0.15, -0.1) is 0 Å². The van der Waals surface area contributed by atoms with Crippen LogP contribution in [0.25, 0.3) is 0 Å². The van der Waals surface area contributed by atoms with Gasteiger partial charge in [0.1, 0.15) is 5.25 Å². The molecule has 1 N–H and O–H groups in total. The van der Waals surface area contributed by atoms with Crippen LogP contribution < -0.4 is 5.32 Å². The molecule has 2 aromatic carbocycles. The van der Waals surface area contributed by atoms with Crippen molar-refractivity contribution in [1.82, 2.24) is 4.90 Å². The molecule has 2 amide bonds. The van der Waals surface area contributed by atoms with Crippen molar-refractivity contribution in [3.05, 3.63) is 59.7 Å². The van der Waals surface area contributed by atoms with Crippen molar-refractivity contribution >= 4 is 40.1 Å². The van der Waals surface area contributed by atoms with Gasteiger partial charge in [0.25, 0.3) is 0 Å². The number of nitrogens with one attached hydrogen (secondary N) is 1. The second-order valence-corrected chi connectivity index (χ2v) is 8.46. The first-order chi connectivity index (χ1) is 13.5. The van der Waals surface area contributed by atoms with Crippen molar-refractivity contribution in [2.24, 2.45) is 4.99 Å². The van der Waals surface area contributed by atoms with Crippen LogP contribution in [0.5, 0.6) is 0 Å². The van der Waals surface area contributed by atoms with Crippen LogP contribution >= 0.6 is 11.8 Å². The Morgan fingerprint density at radius 3 is 2.46 bits per heavy atom. The number of amides is 2. The molecule has 4 rings (SSSR count). The van der Waals surface area contributed by atoms with E-state index in [9.17, 15) is 9.59 Å². The molecule has 28 heavy (non-hydrogen) atoms. The standard InChI is InChI=1S/C22H23N3O2S/c1-14-7-3-5-9-17(14)23-20(26)13-19-21(27)25(16-11-12-16)22(28-19)24-18-10-6-4-8-15(18)2/h3-10,16,19H,11-13H2,1-2H3,(H,23,26)/t19-/m1/s1. The van der Waals surface area contributed by atoms with Crippen LogP contribution in [0, 0.1) is 13.8 Å². The molecular weight excluding hydrogens is 370 g/mol. The minimum atomic E-state index is -0.424. The number of para-hydroxylation sites is 2. The van der Waals surface area contributed by atoms with Gasteiger partial charge < -0.3 is 5.32 Å². The Hall–Kier alpha value is -2.60. The summed E-state index contributed by atoms with van der Waals surface area (Å²) in [6, 6.07) is 15.8. The van der Waals surface area contributed by atoms with E-state index in [-0.39, 0.29) is 24.3 Å². The molecule has 0 unspecified atom stereocenters. The van der Waals surface area contributed by atoms with Crippen LogP contribution in [-0.4, -0.2) is 33.2 Å². The van der Waals surface area contributed by atoms with Crippen molar-refractivity contribution in [2.45, 2.75) is 44.4 Å². The Bertz CT molecular complexity index is 952. The lowest BCUT2D eigenvalue weighted by molar-refractivity contribution is -0.128. The molecule has 1 saturated carbocycles. The molecule has 2 aromatic rings. The number of carbonyl (C=O) groups is 2. The Kier molecular flexibility index (Phi) is 5.22. The lowest BCUT2D eigenvalue weighted by Gasteiger charge is -2.15. The van der Waals surface area contributed by atoms with Gasteiger partial charge in [-0.05, 0) is 49.9 Å². The smallest absolute Gasteiger partial charge is 0.242 e. The van der Waals surface area contributed by atoms with Crippen molar-refractivity contribution in [3.63, 3.8) is 0 Å². The summed E-state index contributed by atoms with van der Waals surface area (Å²) < 4.78 is 0. The third kappa shape index (κ3) is 3.97. The molecule has 5 nitrogen and oxygen atoms in total. The summed E-state index contributed by atoms with van der Waals surface area (Å²) in [5.74, 6) is -0.146. The number of aliphatic imine (C=N–C) groups is 1. The van der Waals surface area contributed by atoms with Crippen LogP contribution in [0.1, 0.15) is 30.4 Å². The molecule has 1 atom stereocenters. The zero-order chi connectivity index (χ0) is 19.7. The van der Waals surface area contributed by atoms with Crippen molar-refractivity contribution < 1.29 is 9.59 Å². The van der Waals surface area contributed by atoms with E-state index >= 15 is 0 Å². The van der Waals surface area contributed by atoms with Gasteiger partial charge in [-0.1, -0.05) is 48.2 Å². The first-order valence-corrected chi connectivity index (χ1v) is 10.4. The average Bonchev–Trinajstić information content (AvgIpc) is 3.45. The maximum atomic E-state index is 13.0. The summed E-state index contributed by atoms with van der Waals surface area (Å²) in [7, 11) is 0. The SMILES string of the molecule is Cc1ccccc1N=C1S[C@H](CC(=O)Nc2ccccc2C)C(=O)N1C1CC1. The lowest BCUT2D eigenvalue weighted by Crippen LogP contribution is -2.35. The molecule has 1 aliphatic heterocycles. The van der Waals surface area contributed by atoms with Crippen LogP contribution in [0.2, 0.25) is 0 Å². The Balaban J connectivity index is 1.51. The number of rotatable bonds is 5. The first-order valence-electron chi connectivity index (χ1n) is 9.52. The summed E-state index contributed by atoms with van der Waals surface area (Å²) in [6.45, 7) is 3.96. The number of nitrogens with zero attached hydrogens (tertiary/aromatic N) is 2. The Morgan fingerprint density at radius 1 is 1.11 bits per heavy atom. The van der Waals surface area contributed by atoms with E-state index in [4.69, 9.17) is 4.99 Å². The predicted octanol–water partition coefficient (Wildman–Crippen LogP) is 4.43. The van der Waals surface area contributed by atoms with E-state index in [1.807, 2.05) is 67.3 Å². The van der Waals surface area contributed by atoms with Crippen molar-refractivity contribution in [1.29, 1.82) is 0 Å². The second kappa shape index (κ2) is 7.80. The molecular formula is C22H23N3O2S. The van der Waals surface area contributed by atoms with Crippen LogP contribution in [0.15, 0.2) is 53.5 Å². The number of hydrogen-bond acceptors (Lipinski definition) is 4. The molecule has 144 valence electrons. The van der Waals surface area contributed by atoms with Crippen molar-refractivity contribution in [3.8, 4) is 0 Å². The van der Waals surface area contributed by atoms with E-state index in [0.29, 0.717) is 0 Å². The average molecular weight is 394 g/mol. The van der Waals surface area contributed by atoms with Gasteiger partial charge in [0.15, 0.2) is 5.17 Å². The highest BCUT2D eigenvalue weighted by Crippen LogP contribution is 2.39. The molecule has 1 aliphatic carbocycles. The van der Waals surface area contributed by atoms with Gasteiger partial charge in [0.2, 0.25) is 11.8 Å². The third-order valence-corrected chi connectivity index (χ3v) is 6.15. The topological polar surface area (TPSA) is 61.8 Å². The quantitative estimate of drug-likeness (QED) is 0.818. The number of benzene rings is 2. The van der Waals surface area contributed by atoms with E-state index in [1.54, 1.807) is 0 Å². The first kappa shape index (κ1) is 18.7. The fourth-order valence-corrected chi connectivity index (χ4v) is 4.44. The van der Waals surface area contributed by atoms with E-state index < -0.39 is 5.25 Å². The third-order valence-electron chi connectivity index (χ3n) is 5.00. The fourth-order valence-electron chi connectivity index (χ4n) is 3.24. The summed E-state index contributed by atoms with van der Waals surface area (Å²) in [4.78, 5) is 32.1. The number of thioether (sulfide) groups is 1. The molecule has 2 aliphatic rings. The van der Waals surface area contributed by atoms with Gasteiger partial charge in [-0.3, -0.25) is 14.5 Å². The number of aryl methyl sites for hydroxylation is 2. The van der Waals surface area contributed by atoms with Crippen molar-refractivity contribution in [2.75, 3.05) is 5.32 Å². The number of amidine groups is 1. The van der Waals surface area contributed by atoms with Gasteiger partial charge in [-0.25, -0.2) is 4.99 Å². The van der Waals surface area contributed by atoms with Gasteiger partial charge >= 0.3 is 0 Å². The van der Waals surface area contributed by atoms with Gasteiger partial charge in [-0.2, -0.15) is 0 Å². The molecule has 0 bridgehead atoms. The number of anilines is 1. The van der Waals surface area contributed by atoms with Crippen LogP contribution in [0.3, 0.4) is 0 Å². The number of carbonyl (C=O) groups excluding carboxylic acids is 2. The highest BCUT2D eigenvalue weighted by Gasteiger charge is 2.46. The molecule has 0 radical (unpaired) electrons. The minimum absolute atomic E-state index is 0.000215. The maximum Gasteiger partial charge on any atom is 0.242 e. The Labute approximate surface area is 169 Å². The van der Waals surface area contributed by atoms with Crippen LogP contribution in [0.4, 0.5) is 11.4 Å². The summed E-state index contributed by atoms with van der Waals surface area (Å²) in [5, 5.41) is 3.22. The normalized spacial score (nSPS) is 20.6. The monoisotopic (exact) mass is 393 g/mol. The molecule has 6 heteroatoms. The molecule has 1 saturated heterocycles. The molecule has 2 fully saturated rings. The fraction of sp³-hybridized carbons (Fsp3) is 0.318. The molecule has 0 aromatic heterocycles. The highest BCUT2D eigenvalue weighted by atomic mass is 32.2. The molecule has 1 heterocycles. The lowest BCUT2D eigenvalue weighted by atomic mass is 10.2. The zero-order valence-corrected chi connectivity index (χ0v) is 16.8. The largest absolute Gasteiger partial charge is 0.326 e. The van der Waals surface area contributed by atoms with Gasteiger partial charge in [0.05, 0.1) is 5.69 Å².